The monoisotopic (exact) mass is 285 g/mol. The molecule has 19 heavy (non-hydrogen) atoms. The summed E-state index contributed by atoms with van der Waals surface area (Å²) in [6.07, 6.45) is 5.78. The zero-order valence-electron chi connectivity index (χ0n) is 11.6. The van der Waals surface area contributed by atoms with Crippen molar-refractivity contribution in [3.05, 3.63) is 10.0 Å². The molecule has 0 amide bonds. The Morgan fingerprint density at radius 2 is 2.32 bits per heavy atom. The molecule has 0 radical (unpaired) electrons. The Morgan fingerprint density at radius 1 is 1.37 bits per heavy atom. The van der Waals surface area contributed by atoms with Crippen LogP contribution in [0.2, 0.25) is 0 Å². The van der Waals surface area contributed by atoms with Crippen LogP contribution in [0.1, 0.15) is 41.8 Å². The highest BCUT2D eigenvalue weighted by atomic mass is 32.1. The summed E-state index contributed by atoms with van der Waals surface area (Å²) in [6.45, 7) is 3.54. The number of aryl methyl sites for hydroxylation is 1. The summed E-state index contributed by atoms with van der Waals surface area (Å²) in [5.41, 5.74) is 0. The van der Waals surface area contributed by atoms with Gasteiger partial charge in [0.15, 0.2) is 0 Å². The van der Waals surface area contributed by atoms with Crippen molar-refractivity contribution in [2.24, 2.45) is 0 Å². The van der Waals surface area contributed by atoms with Crippen molar-refractivity contribution in [1.82, 2.24) is 15.5 Å². The molecular formula is C13H23N3O2S. The molecule has 0 aromatic carbocycles. The molecule has 1 aliphatic rings. The van der Waals surface area contributed by atoms with Gasteiger partial charge in [-0.3, -0.25) is 0 Å². The maximum Gasteiger partial charge on any atom is 0.146 e. The van der Waals surface area contributed by atoms with Gasteiger partial charge >= 0.3 is 0 Å². The van der Waals surface area contributed by atoms with E-state index in [2.05, 4.69) is 15.5 Å². The van der Waals surface area contributed by atoms with E-state index in [0.717, 1.165) is 55.6 Å². The van der Waals surface area contributed by atoms with E-state index in [1.165, 1.54) is 12.8 Å². The Labute approximate surface area is 118 Å². The van der Waals surface area contributed by atoms with Crippen LogP contribution in [0.5, 0.6) is 0 Å². The van der Waals surface area contributed by atoms with Crippen molar-refractivity contribution in [2.75, 3.05) is 33.4 Å². The van der Waals surface area contributed by atoms with Gasteiger partial charge in [0.05, 0.1) is 6.61 Å². The van der Waals surface area contributed by atoms with E-state index >= 15 is 0 Å². The predicted molar refractivity (Wildman–Crippen MR) is 75.5 cm³/mol. The number of hydrogen-bond donors (Lipinski definition) is 1. The molecule has 1 fully saturated rings. The molecule has 1 atom stereocenters. The quantitative estimate of drug-likeness (QED) is 0.740. The van der Waals surface area contributed by atoms with E-state index in [-0.39, 0.29) is 6.10 Å². The fourth-order valence-corrected chi connectivity index (χ4v) is 3.07. The van der Waals surface area contributed by atoms with Crippen LogP contribution < -0.4 is 5.32 Å². The van der Waals surface area contributed by atoms with E-state index in [1.807, 2.05) is 0 Å². The molecule has 0 bridgehead atoms. The van der Waals surface area contributed by atoms with Gasteiger partial charge in [-0.25, -0.2) is 0 Å². The van der Waals surface area contributed by atoms with E-state index in [4.69, 9.17) is 9.47 Å². The molecule has 1 unspecified atom stereocenters. The largest absolute Gasteiger partial charge is 0.383 e. The summed E-state index contributed by atoms with van der Waals surface area (Å²) >= 11 is 1.71. The van der Waals surface area contributed by atoms with Crippen molar-refractivity contribution < 1.29 is 9.47 Å². The summed E-state index contributed by atoms with van der Waals surface area (Å²) in [5.74, 6) is 0. The van der Waals surface area contributed by atoms with Crippen LogP contribution in [0.15, 0.2) is 0 Å². The lowest BCUT2D eigenvalue weighted by atomic mass is 10.1. The van der Waals surface area contributed by atoms with Gasteiger partial charge in [0.1, 0.15) is 16.1 Å². The maximum absolute atomic E-state index is 5.73. The second-order valence-corrected chi connectivity index (χ2v) is 5.83. The van der Waals surface area contributed by atoms with Gasteiger partial charge < -0.3 is 14.8 Å². The normalized spacial score (nSPS) is 19.7. The van der Waals surface area contributed by atoms with Gasteiger partial charge in [0.2, 0.25) is 0 Å². The zero-order chi connectivity index (χ0) is 13.3. The minimum absolute atomic E-state index is 0.194. The molecular weight excluding hydrogens is 262 g/mol. The van der Waals surface area contributed by atoms with Gasteiger partial charge in [0.25, 0.3) is 0 Å². The van der Waals surface area contributed by atoms with Crippen LogP contribution in [0, 0.1) is 0 Å². The van der Waals surface area contributed by atoms with Gasteiger partial charge in [-0.2, -0.15) is 0 Å². The summed E-state index contributed by atoms with van der Waals surface area (Å²) in [6, 6.07) is 0. The van der Waals surface area contributed by atoms with Crippen LogP contribution in [-0.4, -0.2) is 43.6 Å². The Kier molecular flexibility index (Phi) is 6.70. The number of rotatable bonds is 8. The molecule has 0 spiro atoms. The van der Waals surface area contributed by atoms with Crippen LogP contribution >= 0.6 is 11.3 Å². The first kappa shape index (κ1) is 14.8. The third kappa shape index (κ3) is 5.14. The second kappa shape index (κ2) is 8.58. The molecule has 0 aliphatic carbocycles. The highest BCUT2D eigenvalue weighted by molar-refractivity contribution is 7.11. The lowest BCUT2D eigenvalue weighted by molar-refractivity contribution is 0.0144. The first-order valence-corrected chi connectivity index (χ1v) is 7.85. The highest BCUT2D eigenvalue weighted by Gasteiger charge is 2.20. The molecule has 2 heterocycles. The zero-order valence-corrected chi connectivity index (χ0v) is 12.4. The standard InChI is InChI=1S/C13H23N3O2S/c1-17-10-8-14-7-4-6-12-15-16-13(19-12)11-5-2-3-9-18-11/h11,14H,2-10H2,1H3. The Hall–Kier alpha value is -0.560. The number of nitrogens with one attached hydrogen (secondary N) is 1. The van der Waals surface area contributed by atoms with Crippen molar-refractivity contribution in [3.63, 3.8) is 0 Å². The van der Waals surface area contributed by atoms with E-state index in [1.54, 1.807) is 18.4 Å². The van der Waals surface area contributed by atoms with Crippen molar-refractivity contribution >= 4 is 11.3 Å². The van der Waals surface area contributed by atoms with Crippen molar-refractivity contribution in [2.45, 2.75) is 38.2 Å². The van der Waals surface area contributed by atoms with Gasteiger partial charge in [-0.15, -0.1) is 10.2 Å². The van der Waals surface area contributed by atoms with Crippen LogP contribution in [-0.2, 0) is 15.9 Å². The molecule has 0 saturated carbocycles. The van der Waals surface area contributed by atoms with Crippen LogP contribution in [0.4, 0.5) is 0 Å². The fourth-order valence-electron chi connectivity index (χ4n) is 2.10. The second-order valence-electron chi connectivity index (χ2n) is 4.74. The molecule has 1 saturated heterocycles. The molecule has 1 aromatic rings. The SMILES string of the molecule is COCCNCCCc1nnc(C2CCCCO2)s1. The molecule has 6 heteroatoms. The first-order valence-electron chi connectivity index (χ1n) is 7.03. The molecule has 5 nitrogen and oxygen atoms in total. The average Bonchev–Trinajstić information content (AvgIpc) is 2.92. The third-order valence-corrected chi connectivity index (χ3v) is 4.24. The minimum atomic E-state index is 0.194. The fraction of sp³-hybridized carbons (Fsp3) is 0.846. The first-order chi connectivity index (χ1) is 9.40. The predicted octanol–water partition coefficient (Wildman–Crippen LogP) is 1.95. The number of ether oxygens (including phenoxy) is 2. The maximum atomic E-state index is 5.73. The number of hydrogen-bond acceptors (Lipinski definition) is 6. The Morgan fingerprint density at radius 3 is 3.11 bits per heavy atom. The topological polar surface area (TPSA) is 56.3 Å². The Bertz CT molecular complexity index is 353. The minimum Gasteiger partial charge on any atom is -0.383 e. The van der Waals surface area contributed by atoms with E-state index in [9.17, 15) is 0 Å². The summed E-state index contributed by atoms with van der Waals surface area (Å²) in [4.78, 5) is 0. The van der Waals surface area contributed by atoms with Crippen molar-refractivity contribution in [3.8, 4) is 0 Å². The molecule has 1 N–H and O–H groups in total. The van der Waals surface area contributed by atoms with Gasteiger partial charge in [-0.05, 0) is 32.2 Å². The summed E-state index contributed by atoms with van der Waals surface area (Å²) < 4.78 is 10.7. The smallest absolute Gasteiger partial charge is 0.146 e. The lowest BCUT2D eigenvalue weighted by Gasteiger charge is -2.19. The summed E-state index contributed by atoms with van der Waals surface area (Å²) in [7, 11) is 1.72. The molecule has 2 rings (SSSR count). The van der Waals surface area contributed by atoms with Gasteiger partial charge in [0, 0.05) is 26.7 Å². The molecule has 108 valence electrons. The number of nitrogens with zero attached hydrogens (tertiary/aromatic N) is 2. The Balaban J connectivity index is 1.66. The lowest BCUT2D eigenvalue weighted by Crippen LogP contribution is -2.20. The average molecular weight is 285 g/mol. The van der Waals surface area contributed by atoms with Crippen molar-refractivity contribution in [1.29, 1.82) is 0 Å². The number of aromatic nitrogens is 2. The van der Waals surface area contributed by atoms with Crippen LogP contribution in [0.3, 0.4) is 0 Å². The third-order valence-electron chi connectivity index (χ3n) is 3.16. The van der Waals surface area contributed by atoms with Crippen LogP contribution in [0.25, 0.3) is 0 Å². The summed E-state index contributed by atoms with van der Waals surface area (Å²) in [5, 5.41) is 14.0. The van der Waals surface area contributed by atoms with Gasteiger partial charge in [-0.1, -0.05) is 11.3 Å². The highest BCUT2D eigenvalue weighted by Crippen LogP contribution is 2.29. The molecule has 1 aliphatic heterocycles. The van der Waals surface area contributed by atoms with E-state index in [0.29, 0.717) is 0 Å². The molecule has 1 aromatic heterocycles. The number of methoxy groups -OCH3 is 1. The van der Waals surface area contributed by atoms with E-state index < -0.39 is 0 Å².